The third-order valence-corrected chi connectivity index (χ3v) is 5.46. The van der Waals surface area contributed by atoms with Crippen LogP contribution in [0.3, 0.4) is 0 Å². The predicted molar refractivity (Wildman–Crippen MR) is 103 cm³/mol. The summed E-state index contributed by atoms with van der Waals surface area (Å²) in [4.78, 5) is 30.2. The summed E-state index contributed by atoms with van der Waals surface area (Å²) >= 11 is 1.41. The van der Waals surface area contributed by atoms with Crippen LogP contribution in [0.25, 0.3) is 0 Å². The van der Waals surface area contributed by atoms with Gasteiger partial charge in [0.05, 0.1) is 12.1 Å². The molecule has 7 heteroatoms. The Morgan fingerprint density at radius 2 is 1.92 bits per heavy atom. The third-order valence-electron chi connectivity index (χ3n) is 4.77. The normalized spacial score (nSPS) is 16.8. The van der Waals surface area contributed by atoms with Crippen molar-refractivity contribution in [2.24, 2.45) is 0 Å². The van der Waals surface area contributed by atoms with Gasteiger partial charge in [-0.2, -0.15) is 0 Å². The van der Waals surface area contributed by atoms with Crippen molar-refractivity contribution in [2.75, 3.05) is 25.0 Å². The lowest BCUT2D eigenvalue weighted by atomic mass is 9.80. The number of nitrogens with zero attached hydrogens (tertiary/aromatic N) is 2. The SMILES string of the molecule is CC(=O)NC1(c2ccc(C)cc2)CCN(CC(=O)Nc2nccs2)CC1. The average Bonchev–Trinajstić information content (AvgIpc) is 3.09. The summed E-state index contributed by atoms with van der Waals surface area (Å²) in [5.74, 6) is -0.0807. The first-order chi connectivity index (χ1) is 12.5. The van der Waals surface area contributed by atoms with E-state index < -0.39 is 0 Å². The largest absolute Gasteiger partial charge is 0.347 e. The lowest BCUT2D eigenvalue weighted by Gasteiger charge is -2.42. The van der Waals surface area contributed by atoms with Crippen molar-refractivity contribution in [3.63, 3.8) is 0 Å². The molecule has 2 amide bonds. The molecule has 1 aliphatic rings. The van der Waals surface area contributed by atoms with Gasteiger partial charge in [-0.3, -0.25) is 14.5 Å². The van der Waals surface area contributed by atoms with E-state index in [1.54, 1.807) is 13.1 Å². The Hall–Kier alpha value is -2.25. The van der Waals surface area contributed by atoms with Gasteiger partial charge < -0.3 is 10.6 Å². The van der Waals surface area contributed by atoms with E-state index in [9.17, 15) is 9.59 Å². The Kier molecular flexibility index (Phi) is 5.68. The highest BCUT2D eigenvalue weighted by Crippen LogP contribution is 2.33. The van der Waals surface area contributed by atoms with Crippen LogP contribution in [-0.2, 0) is 15.1 Å². The van der Waals surface area contributed by atoms with Gasteiger partial charge in [-0.1, -0.05) is 29.8 Å². The Bertz CT molecular complexity index is 750. The first-order valence-corrected chi connectivity index (χ1v) is 9.62. The molecular weight excluding hydrogens is 348 g/mol. The summed E-state index contributed by atoms with van der Waals surface area (Å²) in [7, 11) is 0. The van der Waals surface area contributed by atoms with Gasteiger partial charge >= 0.3 is 0 Å². The minimum Gasteiger partial charge on any atom is -0.347 e. The van der Waals surface area contributed by atoms with Crippen LogP contribution in [0.15, 0.2) is 35.8 Å². The predicted octanol–water partition coefficient (Wildman–Crippen LogP) is 2.52. The fourth-order valence-corrected chi connectivity index (χ4v) is 3.98. The number of piperidine rings is 1. The van der Waals surface area contributed by atoms with E-state index in [-0.39, 0.29) is 17.4 Å². The van der Waals surface area contributed by atoms with Gasteiger partial charge in [0.2, 0.25) is 11.8 Å². The molecule has 0 saturated carbocycles. The zero-order valence-electron chi connectivity index (χ0n) is 15.1. The topological polar surface area (TPSA) is 74.3 Å². The maximum absolute atomic E-state index is 12.2. The molecule has 1 aromatic heterocycles. The van der Waals surface area contributed by atoms with Crippen LogP contribution >= 0.6 is 11.3 Å². The second kappa shape index (κ2) is 7.97. The lowest BCUT2D eigenvalue weighted by molar-refractivity contribution is -0.122. The van der Waals surface area contributed by atoms with Crippen LogP contribution in [-0.4, -0.2) is 41.3 Å². The smallest absolute Gasteiger partial charge is 0.240 e. The molecule has 2 N–H and O–H groups in total. The van der Waals surface area contributed by atoms with Crippen LogP contribution in [0.4, 0.5) is 5.13 Å². The van der Waals surface area contributed by atoms with Crippen molar-refractivity contribution in [3.8, 4) is 0 Å². The molecular formula is C19H24N4O2S. The molecule has 1 fully saturated rings. The van der Waals surface area contributed by atoms with Gasteiger partial charge in [0.25, 0.3) is 0 Å². The van der Waals surface area contributed by atoms with Crippen LogP contribution in [0.1, 0.15) is 30.9 Å². The first kappa shape index (κ1) is 18.5. The number of amides is 2. The van der Waals surface area contributed by atoms with Crippen molar-refractivity contribution in [1.29, 1.82) is 0 Å². The molecule has 0 radical (unpaired) electrons. The number of thiazole rings is 1. The summed E-state index contributed by atoms with van der Waals surface area (Å²) < 4.78 is 0. The van der Waals surface area contributed by atoms with E-state index in [1.807, 2.05) is 5.38 Å². The summed E-state index contributed by atoms with van der Waals surface area (Å²) in [5.41, 5.74) is 1.97. The second-order valence-corrected chi connectivity index (χ2v) is 7.69. The monoisotopic (exact) mass is 372 g/mol. The minimum atomic E-state index is -0.359. The molecule has 1 aromatic carbocycles. The zero-order valence-corrected chi connectivity index (χ0v) is 15.9. The molecule has 1 aliphatic heterocycles. The van der Waals surface area contributed by atoms with Crippen molar-refractivity contribution in [1.82, 2.24) is 15.2 Å². The highest BCUT2D eigenvalue weighted by Gasteiger charge is 2.37. The van der Waals surface area contributed by atoms with Gasteiger partial charge in [0, 0.05) is 31.6 Å². The Morgan fingerprint density at radius 3 is 2.50 bits per heavy atom. The van der Waals surface area contributed by atoms with Crippen LogP contribution in [0.2, 0.25) is 0 Å². The highest BCUT2D eigenvalue weighted by molar-refractivity contribution is 7.13. The van der Waals surface area contributed by atoms with Crippen molar-refractivity contribution in [2.45, 2.75) is 32.2 Å². The number of rotatable bonds is 5. The number of anilines is 1. The minimum absolute atomic E-state index is 0.0273. The number of carbonyl (C=O) groups excluding carboxylic acids is 2. The van der Waals surface area contributed by atoms with Crippen molar-refractivity contribution < 1.29 is 9.59 Å². The molecule has 1 saturated heterocycles. The van der Waals surface area contributed by atoms with Crippen molar-refractivity contribution in [3.05, 3.63) is 47.0 Å². The van der Waals surface area contributed by atoms with Crippen LogP contribution in [0.5, 0.6) is 0 Å². The summed E-state index contributed by atoms with van der Waals surface area (Å²) in [5, 5.41) is 8.44. The van der Waals surface area contributed by atoms with Crippen LogP contribution < -0.4 is 10.6 Å². The molecule has 0 unspecified atom stereocenters. The number of benzene rings is 1. The molecule has 3 rings (SSSR count). The maximum atomic E-state index is 12.2. The first-order valence-electron chi connectivity index (χ1n) is 8.74. The van der Waals surface area contributed by atoms with Gasteiger partial charge in [0.15, 0.2) is 5.13 Å². The molecule has 138 valence electrons. The number of aromatic nitrogens is 1. The van der Waals surface area contributed by atoms with Gasteiger partial charge in [-0.25, -0.2) is 4.98 Å². The highest BCUT2D eigenvalue weighted by atomic mass is 32.1. The van der Waals surface area contributed by atoms with E-state index >= 15 is 0 Å². The molecule has 26 heavy (non-hydrogen) atoms. The van der Waals surface area contributed by atoms with Gasteiger partial charge in [0.1, 0.15) is 0 Å². The second-order valence-electron chi connectivity index (χ2n) is 6.79. The van der Waals surface area contributed by atoms with Crippen molar-refractivity contribution >= 4 is 28.3 Å². The number of likely N-dealkylation sites (tertiary alicyclic amines) is 1. The fourth-order valence-electron chi connectivity index (χ4n) is 3.44. The summed E-state index contributed by atoms with van der Waals surface area (Å²) in [6.45, 7) is 5.45. The molecule has 0 atom stereocenters. The van der Waals surface area contributed by atoms with E-state index in [2.05, 4.69) is 51.7 Å². The Labute approximate surface area is 157 Å². The molecule has 6 nitrogen and oxygen atoms in total. The Morgan fingerprint density at radius 1 is 1.23 bits per heavy atom. The quantitative estimate of drug-likeness (QED) is 0.846. The standard InChI is InChI=1S/C19H24N4O2S/c1-14-3-5-16(6-4-14)19(22-15(2)24)7-10-23(11-8-19)13-17(25)21-18-20-9-12-26-18/h3-6,9,12H,7-8,10-11,13H2,1-2H3,(H,22,24)(H,20,21,25). The van der Waals surface area contributed by atoms with Gasteiger partial charge in [-0.05, 0) is 25.3 Å². The zero-order chi connectivity index (χ0) is 18.6. The van der Waals surface area contributed by atoms with E-state index in [0.29, 0.717) is 11.7 Å². The molecule has 0 bridgehead atoms. The number of aryl methyl sites for hydroxylation is 1. The number of hydrogen-bond acceptors (Lipinski definition) is 5. The number of carbonyl (C=O) groups is 2. The third kappa shape index (κ3) is 4.47. The van der Waals surface area contributed by atoms with E-state index in [0.717, 1.165) is 31.5 Å². The lowest BCUT2D eigenvalue weighted by Crippen LogP contribution is -2.53. The molecule has 0 aliphatic carbocycles. The number of hydrogen-bond donors (Lipinski definition) is 2. The summed E-state index contributed by atoms with van der Waals surface area (Å²) in [6, 6.07) is 8.34. The Balaban J connectivity index is 1.63. The van der Waals surface area contributed by atoms with E-state index in [4.69, 9.17) is 0 Å². The number of nitrogens with one attached hydrogen (secondary N) is 2. The molecule has 2 heterocycles. The average molecular weight is 372 g/mol. The van der Waals surface area contributed by atoms with Gasteiger partial charge in [-0.15, -0.1) is 11.3 Å². The molecule has 0 spiro atoms. The molecule has 2 aromatic rings. The fraction of sp³-hybridized carbons (Fsp3) is 0.421. The maximum Gasteiger partial charge on any atom is 0.240 e. The summed E-state index contributed by atoms with van der Waals surface area (Å²) in [6.07, 6.45) is 3.23. The van der Waals surface area contributed by atoms with E-state index in [1.165, 1.54) is 16.9 Å². The van der Waals surface area contributed by atoms with Crippen LogP contribution in [0, 0.1) is 6.92 Å².